The molecule has 0 saturated carbocycles. The van der Waals surface area contributed by atoms with Crippen molar-refractivity contribution in [3.05, 3.63) is 17.5 Å². The molecule has 1 aromatic rings. The molecule has 1 amide bonds. The number of hydrogen-bond donors (Lipinski definition) is 0. The van der Waals surface area contributed by atoms with Crippen LogP contribution in [0, 0.1) is 19.8 Å². The second-order valence-electron chi connectivity index (χ2n) is 6.04. The standard InChI is InChI=1S/C16H27N3O/c1-4-5-6-16(20)18-9-7-15(8-10-18)12-19-14(3)11-13(2)17-19/h11,15H,4-10,12H2,1-3H3. The average Bonchev–Trinajstić information content (AvgIpc) is 2.75. The first-order valence-electron chi connectivity index (χ1n) is 7.89. The van der Waals surface area contributed by atoms with Gasteiger partial charge in [0.25, 0.3) is 0 Å². The first kappa shape index (κ1) is 15.1. The van der Waals surface area contributed by atoms with Gasteiger partial charge in [0.15, 0.2) is 0 Å². The molecular weight excluding hydrogens is 250 g/mol. The summed E-state index contributed by atoms with van der Waals surface area (Å²) in [5.41, 5.74) is 2.33. The minimum Gasteiger partial charge on any atom is -0.343 e. The van der Waals surface area contributed by atoms with Crippen molar-refractivity contribution >= 4 is 5.91 Å². The highest BCUT2D eigenvalue weighted by Crippen LogP contribution is 2.20. The smallest absolute Gasteiger partial charge is 0.222 e. The third kappa shape index (κ3) is 3.84. The highest BCUT2D eigenvalue weighted by Gasteiger charge is 2.23. The van der Waals surface area contributed by atoms with Crippen molar-refractivity contribution in [2.75, 3.05) is 13.1 Å². The molecule has 0 atom stereocenters. The third-order valence-corrected chi connectivity index (χ3v) is 4.25. The van der Waals surface area contributed by atoms with Crippen molar-refractivity contribution in [3.8, 4) is 0 Å². The van der Waals surface area contributed by atoms with E-state index < -0.39 is 0 Å². The molecule has 0 spiro atoms. The highest BCUT2D eigenvalue weighted by atomic mass is 16.2. The number of likely N-dealkylation sites (tertiary alicyclic amines) is 1. The minimum atomic E-state index is 0.344. The van der Waals surface area contributed by atoms with Crippen molar-refractivity contribution in [2.24, 2.45) is 5.92 Å². The molecule has 20 heavy (non-hydrogen) atoms. The fourth-order valence-electron chi connectivity index (χ4n) is 2.96. The molecule has 1 aromatic heterocycles. The predicted octanol–water partition coefficient (Wildman–Crippen LogP) is 2.93. The zero-order valence-corrected chi connectivity index (χ0v) is 13.1. The third-order valence-electron chi connectivity index (χ3n) is 4.25. The number of carbonyl (C=O) groups is 1. The lowest BCUT2D eigenvalue weighted by atomic mass is 9.96. The van der Waals surface area contributed by atoms with Gasteiger partial charge in [0.2, 0.25) is 5.91 Å². The average molecular weight is 277 g/mol. The summed E-state index contributed by atoms with van der Waals surface area (Å²) in [7, 11) is 0. The maximum absolute atomic E-state index is 12.0. The monoisotopic (exact) mass is 277 g/mol. The van der Waals surface area contributed by atoms with Gasteiger partial charge < -0.3 is 4.90 Å². The Kier molecular flexibility index (Phi) is 5.21. The van der Waals surface area contributed by atoms with Gasteiger partial charge >= 0.3 is 0 Å². The van der Waals surface area contributed by atoms with Crippen LogP contribution in [0.2, 0.25) is 0 Å². The lowest BCUT2D eigenvalue weighted by Crippen LogP contribution is -2.39. The van der Waals surface area contributed by atoms with Gasteiger partial charge in [0.1, 0.15) is 0 Å². The largest absolute Gasteiger partial charge is 0.343 e. The Labute approximate surface area is 122 Å². The van der Waals surface area contributed by atoms with Crippen LogP contribution in [-0.2, 0) is 11.3 Å². The fourth-order valence-corrected chi connectivity index (χ4v) is 2.96. The second kappa shape index (κ2) is 6.91. The predicted molar refractivity (Wildman–Crippen MR) is 80.5 cm³/mol. The van der Waals surface area contributed by atoms with E-state index >= 15 is 0 Å². The first-order chi connectivity index (χ1) is 9.60. The van der Waals surface area contributed by atoms with Crippen molar-refractivity contribution < 1.29 is 4.79 Å². The van der Waals surface area contributed by atoms with Crippen LogP contribution in [0.5, 0.6) is 0 Å². The topological polar surface area (TPSA) is 38.1 Å². The molecule has 0 unspecified atom stereocenters. The summed E-state index contributed by atoms with van der Waals surface area (Å²) in [6, 6.07) is 2.13. The molecule has 0 radical (unpaired) electrons. The van der Waals surface area contributed by atoms with Crippen LogP contribution in [0.15, 0.2) is 6.07 Å². The minimum absolute atomic E-state index is 0.344. The summed E-state index contributed by atoms with van der Waals surface area (Å²) < 4.78 is 2.12. The number of nitrogens with zero attached hydrogens (tertiary/aromatic N) is 3. The zero-order chi connectivity index (χ0) is 14.5. The van der Waals surface area contributed by atoms with Gasteiger partial charge in [-0.05, 0) is 45.1 Å². The van der Waals surface area contributed by atoms with Gasteiger partial charge in [-0.15, -0.1) is 0 Å². The van der Waals surface area contributed by atoms with Crippen LogP contribution in [0.25, 0.3) is 0 Å². The molecule has 1 aliphatic rings. The van der Waals surface area contributed by atoms with E-state index in [1.54, 1.807) is 0 Å². The van der Waals surface area contributed by atoms with Crippen molar-refractivity contribution in [1.82, 2.24) is 14.7 Å². The van der Waals surface area contributed by atoms with Gasteiger partial charge in [-0.2, -0.15) is 5.10 Å². The quantitative estimate of drug-likeness (QED) is 0.830. The molecule has 0 bridgehead atoms. The Morgan fingerprint density at radius 2 is 2.05 bits per heavy atom. The molecule has 0 aliphatic carbocycles. The first-order valence-corrected chi connectivity index (χ1v) is 7.89. The summed E-state index contributed by atoms with van der Waals surface area (Å²) in [5, 5.41) is 4.54. The van der Waals surface area contributed by atoms with Crippen molar-refractivity contribution in [3.63, 3.8) is 0 Å². The number of rotatable bonds is 5. The summed E-state index contributed by atoms with van der Waals surface area (Å²) in [6.07, 6.45) is 5.05. The van der Waals surface area contributed by atoms with E-state index in [4.69, 9.17) is 0 Å². The molecule has 4 heteroatoms. The van der Waals surface area contributed by atoms with Gasteiger partial charge in [-0.25, -0.2) is 0 Å². The lowest BCUT2D eigenvalue weighted by Gasteiger charge is -2.32. The number of carbonyl (C=O) groups excluding carboxylic acids is 1. The van der Waals surface area contributed by atoms with Crippen LogP contribution in [0.4, 0.5) is 0 Å². The number of aryl methyl sites for hydroxylation is 2. The zero-order valence-electron chi connectivity index (χ0n) is 13.1. The van der Waals surface area contributed by atoms with Crippen molar-refractivity contribution in [2.45, 2.75) is 59.4 Å². The molecule has 1 fully saturated rings. The van der Waals surface area contributed by atoms with Crippen LogP contribution in [0.3, 0.4) is 0 Å². The van der Waals surface area contributed by atoms with Crippen LogP contribution in [0.1, 0.15) is 50.4 Å². The number of amides is 1. The Morgan fingerprint density at radius 3 is 2.60 bits per heavy atom. The SMILES string of the molecule is CCCCC(=O)N1CCC(Cn2nc(C)cc2C)CC1. The lowest BCUT2D eigenvalue weighted by molar-refractivity contribution is -0.132. The molecular formula is C16H27N3O. The van der Waals surface area contributed by atoms with E-state index in [0.29, 0.717) is 11.8 Å². The summed E-state index contributed by atoms with van der Waals surface area (Å²) >= 11 is 0. The summed E-state index contributed by atoms with van der Waals surface area (Å²) in [5.74, 6) is 1.000. The Bertz CT molecular complexity index is 445. The van der Waals surface area contributed by atoms with E-state index in [-0.39, 0.29) is 0 Å². The van der Waals surface area contributed by atoms with Crippen LogP contribution >= 0.6 is 0 Å². The fraction of sp³-hybridized carbons (Fsp3) is 0.750. The molecule has 2 heterocycles. The molecule has 112 valence electrons. The molecule has 4 nitrogen and oxygen atoms in total. The maximum atomic E-state index is 12.0. The molecule has 1 aliphatic heterocycles. The van der Waals surface area contributed by atoms with Gasteiger partial charge in [-0.1, -0.05) is 13.3 Å². The van der Waals surface area contributed by atoms with E-state index in [9.17, 15) is 4.79 Å². The number of piperidine rings is 1. The van der Waals surface area contributed by atoms with E-state index in [2.05, 4.69) is 29.7 Å². The number of unbranched alkanes of at least 4 members (excludes halogenated alkanes) is 1. The number of hydrogen-bond acceptors (Lipinski definition) is 2. The normalized spacial score (nSPS) is 16.6. The van der Waals surface area contributed by atoms with Crippen LogP contribution < -0.4 is 0 Å². The highest BCUT2D eigenvalue weighted by molar-refractivity contribution is 5.76. The molecule has 0 aromatic carbocycles. The van der Waals surface area contributed by atoms with Crippen LogP contribution in [-0.4, -0.2) is 33.7 Å². The number of aromatic nitrogens is 2. The molecule has 1 saturated heterocycles. The molecule has 0 N–H and O–H groups in total. The van der Waals surface area contributed by atoms with E-state index in [1.165, 1.54) is 5.69 Å². The Balaban J connectivity index is 1.79. The summed E-state index contributed by atoms with van der Waals surface area (Å²) in [4.78, 5) is 14.0. The second-order valence-corrected chi connectivity index (χ2v) is 6.04. The van der Waals surface area contributed by atoms with Crippen molar-refractivity contribution in [1.29, 1.82) is 0 Å². The Hall–Kier alpha value is -1.32. The Morgan fingerprint density at radius 1 is 1.35 bits per heavy atom. The summed E-state index contributed by atoms with van der Waals surface area (Å²) in [6.45, 7) is 9.13. The molecule has 2 rings (SSSR count). The maximum Gasteiger partial charge on any atom is 0.222 e. The van der Waals surface area contributed by atoms with E-state index in [1.807, 2.05) is 11.8 Å². The van der Waals surface area contributed by atoms with E-state index in [0.717, 1.165) is 57.4 Å². The van der Waals surface area contributed by atoms with Gasteiger partial charge in [0.05, 0.1) is 5.69 Å². The van der Waals surface area contributed by atoms with Gasteiger partial charge in [-0.3, -0.25) is 9.48 Å². The van der Waals surface area contributed by atoms with Gasteiger partial charge in [0, 0.05) is 31.7 Å².